The molecule has 0 spiro atoms. The summed E-state index contributed by atoms with van der Waals surface area (Å²) in [5.41, 5.74) is 2.30. The van der Waals surface area contributed by atoms with E-state index in [2.05, 4.69) is 58.2 Å². The third kappa shape index (κ3) is 2.85. The van der Waals surface area contributed by atoms with Crippen molar-refractivity contribution in [3.63, 3.8) is 0 Å². The largest absolute Gasteiger partial charge is 0.497 e. The van der Waals surface area contributed by atoms with Gasteiger partial charge in [0.15, 0.2) is 0 Å². The second kappa shape index (κ2) is 5.91. The molecule has 1 N–H and O–H groups in total. The summed E-state index contributed by atoms with van der Waals surface area (Å²) in [5, 5.41) is 3.59. The van der Waals surface area contributed by atoms with Crippen molar-refractivity contribution in [2.45, 2.75) is 12.5 Å². The second-order valence-electron chi connectivity index (χ2n) is 4.75. The van der Waals surface area contributed by atoms with Crippen LogP contribution in [0.3, 0.4) is 0 Å². The zero-order valence-electron chi connectivity index (χ0n) is 11.2. The predicted molar refractivity (Wildman–Crippen MR) is 88.6 cm³/mol. The Morgan fingerprint density at radius 3 is 2.95 bits per heavy atom. The molecule has 1 heterocycles. The molecular weight excluding hydrogens is 365 g/mol. The van der Waals surface area contributed by atoms with E-state index in [-0.39, 0.29) is 6.04 Å². The molecule has 1 aliphatic rings. The summed E-state index contributed by atoms with van der Waals surface area (Å²) in [7, 11) is 1.69. The molecule has 2 aromatic rings. The average molecular weight is 381 g/mol. The molecule has 20 heavy (non-hydrogen) atoms. The molecule has 3 rings (SSSR count). The van der Waals surface area contributed by atoms with Gasteiger partial charge in [-0.15, -0.1) is 0 Å². The zero-order chi connectivity index (χ0) is 13.9. The Hall–Kier alpha value is -1.43. The van der Waals surface area contributed by atoms with Gasteiger partial charge in [0.05, 0.1) is 19.8 Å². The van der Waals surface area contributed by atoms with Crippen molar-refractivity contribution in [2.24, 2.45) is 0 Å². The Balaban J connectivity index is 1.89. The number of ether oxygens (including phenoxy) is 2. The Morgan fingerprint density at radius 1 is 1.25 bits per heavy atom. The Morgan fingerprint density at radius 2 is 2.15 bits per heavy atom. The number of anilines is 1. The molecule has 104 valence electrons. The van der Waals surface area contributed by atoms with Gasteiger partial charge >= 0.3 is 0 Å². The fourth-order valence-corrected chi connectivity index (χ4v) is 2.97. The van der Waals surface area contributed by atoms with Crippen molar-refractivity contribution < 1.29 is 9.47 Å². The van der Waals surface area contributed by atoms with Crippen LogP contribution in [0.2, 0.25) is 0 Å². The summed E-state index contributed by atoms with van der Waals surface area (Å²) in [6, 6.07) is 14.6. The van der Waals surface area contributed by atoms with Crippen LogP contribution in [0.4, 0.5) is 5.69 Å². The van der Waals surface area contributed by atoms with Crippen LogP contribution >= 0.6 is 22.6 Å². The third-order valence-corrected chi connectivity index (χ3v) is 4.09. The van der Waals surface area contributed by atoms with E-state index in [1.54, 1.807) is 7.11 Å². The Labute approximate surface area is 132 Å². The van der Waals surface area contributed by atoms with Gasteiger partial charge in [0.1, 0.15) is 11.5 Å². The molecule has 4 heteroatoms. The van der Waals surface area contributed by atoms with Crippen molar-refractivity contribution >= 4 is 28.3 Å². The zero-order valence-corrected chi connectivity index (χ0v) is 13.4. The van der Waals surface area contributed by atoms with Crippen molar-refractivity contribution in [3.05, 3.63) is 51.6 Å². The highest BCUT2D eigenvalue weighted by molar-refractivity contribution is 14.1. The fraction of sp³-hybridized carbons (Fsp3) is 0.250. The summed E-state index contributed by atoms with van der Waals surface area (Å²) in [4.78, 5) is 0. The van der Waals surface area contributed by atoms with Crippen molar-refractivity contribution in [1.29, 1.82) is 0 Å². The average Bonchev–Trinajstić information content (AvgIpc) is 2.47. The molecule has 1 unspecified atom stereocenters. The molecule has 3 nitrogen and oxygen atoms in total. The number of benzene rings is 2. The van der Waals surface area contributed by atoms with E-state index < -0.39 is 0 Å². The fourth-order valence-electron chi connectivity index (χ4n) is 2.43. The first-order valence-electron chi connectivity index (χ1n) is 6.59. The number of hydrogen-bond acceptors (Lipinski definition) is 3. The molecule has 0 aromatic heterocycles. The molecule has 1 atom stereocenters. The summed E-state index contributed by atoms with van der Waals surface area (Å²) in [6.45, 7) is 0.737. The highest BCUT2D eigenvalue weighted by Crippen LogP contribution is 2.36. The van der Waals surface area contributed by atoms with Gasteiger partial charge in [0, 0.05) is 21.2 Å². The molecule has 0 radical (unpaired) electrons. The van der Waals surface area contributed by atoms with Gasteiger partial charge in [-0.3, -0.25) is 0 Å². The van der Waals surface area contributed by atoms with Crippen LogP contribution in [0.15, 0.2) is 42.5 Å². The number of nitrogens with one attached hydrogen (secondary N) is 1. The third-order valence-electron chi connectivity index (χ3n) is 3.42. The number of methoxy groups -OCH3 is 1. The first-order chi connectivity index (χ1) is 9.76. The topological polar surface area (TPSA) is 30.5 Å². The van der Waals surface area contributed by atoms with Crippen molar-refractivity contribution in [3.8, 4) is 11.5 Å². The van der Waals surface area contributed by atoms with Gasteiger partial charge in [-0.1, -0.05) is 6.07 Å². The minimum atomic E-state index is 0.257. The van der Waals surface area contributed by atoms with Crippen LogP contribution in [-0.4, -0.2) is 13.7 Å². The summed E-state index contributed by atoms with van der Waals surface area (Å²) < 4.78 is 12.3. The Bertz CT molecular complexity index is 615. The van der Waals surface area contributed by atoms with E-state index in [1.807, 2.05) is 12.1 Å². The van der Waals surface area contributed by atoms with E-state index in [4.69, 9.17) is 9.47 Å². The maximum absolute atomic E-state index is 5.72. The Kier molecular flexibility index (Phi) is 4.00. The molecule has 0 bridgehead atoms. The van der Waals surface area contributed by atoms with Crippen LogP contribution in [0.1, 0.15) is 18.0 Å². The van der Waals surface area contributed by atoms with E-state index in [0.29, 0.717) is 0 Å². The van der Waals surface area contributed by atoms with Crippen LogP contribution in [0.25, 0.3) is 0 Å². The SMILES string of the molecule is COc1ccc2c(c1)C(Nc1cccc(I)c1)CCO2. The number of rotatable bonds is 3. The van der Waals surface area contributed by atoms with Crippen LogP contribution in [-0.2, 0) is 0 Å². The van der Waals surface area contributed by atoms with Crippen molar-refractivity contribution in [1.82, 2.24) is 0 Å². The lowest BCUT2D eigenvalue weighted by atomic mass is 10.00. The van der Waals surface area contributed by atoms with Gasteiger partial charge in [0.25, 0.3) is 0 Å². The maximum Gasteiger partial charge on any atom is 0.124 e. The molecule has 2 aromatic carbocycles. The van der Waals surface area contributed by atoms with E-state index >= 15 is 0 Å². The number of halogens is 1. The highest BCUT2D eigenvalue weighted by atomic mass is 127. The lowest BCUT2D eigenvalue weighted by molar-refractivity contribution is 0.273. The number of fused-ring (bicyclic) bond motifs is 1. The summed E-state index contributed by atoms with van der Waals surface area (Å²) in [6.07, 6.45) is 0.950. The van der Waals surface area contributed by atoms with E-state index in [0.717, 1.165) is 35.8 Å². The monoisotopic (exact) mass is 381 g/mol. The van der Waals surface area contributed by atoms with E-state index in [9.17, 15) is 0 Å². The molecule has 1 aliphatic heterocycles. The van der Waals surface area contributed by atoms with Crippen LogP contribution in [0.5, 0.6) is 11.5 Å². The van der Waals surface area contributed by atoms with Gasteiger partial charge < -0.3 is 14.8 Å². The molecule has 0 aliphatic carbocycles. The minimum Gasteiger partial charge on any atom is -0.497 e. The van der Waals surface area contributed by atoms with Gasteiger partial charge in [-0.2, -0.15) is 0 Å². The molecule has 0 fully saturated rings. The maximum atomic E-state index is 5.72. The van der Waals surface area contributed by atoms with Crippen molar-refractivity contribution in [2.75, 3.05) is 19.0 Å². The standard InChI is InChI=1S/C16H16INO2/c1-19-13-5-6-16-14(10-13)15(7-8-20-16)18-12-4-2-3-11(17)9-12/h2-6,9-10,15,18H,7-8H2,1H3. The molecule has 0 saturated carbocycles. The normalized spacial score (nSPS) is 17.0. The minimum absolute atomic E-state index is 0.257. The smallest absolute Gasteiger partial charge is 0.124 e. The first-order valence-corrected chi connectivity index (χ1v) is 7.67. The summed E-state index contributed by atoms with van der Waals surface area (Å²) in [5.74, 6) is 1.81. The highest BCUT2D eigenvalue weighted by Gasteiger charge is 2.22. The molecule has 0 amide bonds. The first kappa shape index (κ1) is 13.5. The quantitative estimate of drug-likeness (QED) is 0.808. The lowest BCUT2D eigenvalue weighted by Crippen LogP contribution is -2.20. The van der Waals surface area contributed by atoms with Gasteiger partial charge in [-0.05, 0) is 59.0 Å². The predicted octanol–water partition coefficient (Wildman–Crippen LogP) is 4.24. The summed E-state index contributed by atoms with van der Waals surface area (Å²) >= 11 is 2.33. The second-order valence-corrected chi connectivity index (χ2v) is 5.99. The van der Waals surface area contributed by atoms with E-state index in [1.165, 1.54) is 3.57 Å². The lowest BCUT2D eigenvalue weighted by Gasteiger charge is -2.28. The van der Waals surface area contributed by atoms with Gasteiger partial charge in [0.2, 0.25) is 0 Å². The van der Waals surface area contributed by atoms with Crippen LogP contribution < -0.4 is 14.8 Å². The number of hydrogen-bond donors (Lipinski definition) is 1. The van der Waals surface area contributed by atoms with Gasteiger partial charge in [-0.25, -0.2) is 0 Å². The molecular formula is C16H16INO2. The van der Waals surface area contributed by atoms with Crippen LogP contribution in [0, 0.1) is 3.57 Å². The molecule has 0 saturated heterocycles.